The summed E-state index contributed by atoms with van der Waals surface area (Å²) in [5.41, 5.74) is 2.27. The summed E-state index contributed by atoms with van der Waals surface area (Å²) in [5, 5.41) is 11.0. The molecule has 164 valence electrons. The van der Waals surface area contributed by atoms with Crippen molar-refractivity contribution >= 4 is 16.0 Å². The van der Waals surface area contributed by atoms with Crippen LogP contribution in [0.5, 0.6) is 11.5 Å². The number of methoxy groups -OCH3 is 1. The van der Waals surface area contributed by atoms with Crippen molar-refractivity contribution in [3.8, 4) is 11.5 Å². The van der Waals surface area contributed by atoms with E-state index in [4.69, 9.17) is 9.47 Å². The predicted octanol–water partition coefficient (Wildman–Crippen LogP) is 2.10. The van der Waals surface area contributed by atoms with Gasteiger partial charge in [0.2, 0.25) is 16.8 Å². The zero-order chi connectivity index (χ0) is 22.2. The van der Waals surface area contributed by atoms with Gasteiger partial charge < -0.3 is 19.3 Å². The van der Waals surface area contributed by atoms with E-state index in [1.54, 1.807) is 36.4 Å². The number of β-amino-alcohol motifs (C(OH)–C–C–N with tert-alkyl or cyclic N) is 1. The number of aliphatic hydroxyl groups excluding tert-OH is 1. The maximum absolute atomic E-state index is 13.3. The van der Waals surface area contributed by atoms with Crippen molar-refractivity contribution in [3.63, 3.8) is 0 Å². The Hall–Kier alpha value is -2.88. The summed E-state index contributed by atoms with van der Waals surface area (Å²) in [6, 6.07) is 10.0. The molecule has 0 amide bonds. The van der Waals surface area contributed by atoms with Gasteiger partial charge in [0.1, 0.15) is 0 Å². The third-order valence-corrected chi connectivity index (χ3v) is 7.27. The topological polar surface area (TPSA) is 102 Å². The lowest BCUT2D eigenvalue weighted by Gasteiger charge is -2.23. The second-order valence-electron chi connectivity index (χ2n) is 7.49. The Kier molecular flexibility index (Phi) is 5.74. The minimum atomic E-state index is -3.87. The third kappa shape index (κ3) is 4.16. The van der Waals surface area contributed by atoms with Gasteiger partial charge in [0.05, 0.1) is 18.1 Å². The van der Waals surface area contributed by atoms with Gasteiger partial charge in [0.15, 0.2) is 11.5 Å². The van der Waals surface area contributed by atoms with Gasteiger partial charge >= 0.3 is 5.97 Å². The second kappa shape index (κ2) is 8.33. The fourth-order valence-electron chi connectivity index (χ4n) is 3.76. The van der Waals surface area contributed by atoms with Crippen molar-refractivity contribution in [2.75, 3.05) is 20.4 Å². The molecule has 9 heteroatoms. The molecule has 31 heavy (non-hydrogen) atoms. The molecule has 2 aromatic carbocycles. The molecular weight excluding hydrogens is 422 g/mol. The minimum Gasteiger partial charge on any atom is -0.466 e. The van der Waals surface area contributed by atoms with Gasteiger partial charge in [0.25, 0.3) is 0 Å². The minimum absolute atomic E-state index is 0.0435. The summed E-state index contributed by atoms with van der Waals surface area (Å²) in [4.78, 5) is 11.8. The Bertz CT molecular complexity index is 1130. The quantitative estimate of drug-likeness (QED) is 0.568. The molecule has 0 bridgehead atoms. The van der Waals surface area contributed by atoms with Crippen molar-refractivity contribution in [1.29, 1.82) is 0 Å². The number of benzene rings is 2. The monoisotopic (exact) mass is 445 g/mol. The summed E-state index contributed by atoms with van der Waals surface area (Å²) < 4.78 is 43.5. The van der Waals surface area contributed by atoms with Crippen molar-refractivity contribution in [3.05, 3.63) is 65.2 Å². The van der Waals surface area contributed by atoms with Gasteiger partial charge in [-0.05, 0) is 42.3 Å². The zero-order valence-corrected chi connectivity index (χ0v) is 18.0. The molecule has 2 aromatic rings. The van der Waals surface area contributed by atoms with Crippen molar-refractivity contribution in [1.82, 2.24) is 4.31 Å². The van der Waals surface area contributed by atoms with Crippen molar-refractivity contribution < 1.29 is 32.5 Å². The molecule has 2 aliphatic heterocycles. The van der Waals surface area contributed by atoms with E-state index in [1.807, 2.05) is 6.92 Å². The lowest BCUT2D eigenvalue weighted by atomic mass is 9.90. The lowest BCUT2D eigenvalue weighted by Crippen LogP contribution is -2.36. The number of carbonyl (C=O) groups is 1. The summed E-state index contributed by atoms with van der Waals surface area (Å²) in [7, 11) is -2.60. The van der Waals surface area contributed by atoms with E-state index in [-0.39, 0.29) is 24.8 Å². The summed E-state index contributed by atoms with van der Waals surface area (Å²) >= 11 is 0. The van der Waals surface area contributed by atoms with Gasteiger partial charge in [-0.15, -0.1) is 0 Å². The molecule has 0 saturated heterocycles. The number of carbonyl (C=O) groups excluding carboxylic acids is 1. The molecule has 0 fully saturated rings. The molecule has 0 aliphatic carbocycles. The highest BCUT2D eigenvalue weighted by molar-refractivity contribution is 7.89. The number of nitrogens with zero attached hydrogens (tertiary/aromatic N) is 1. The average molecular weight is 445 g/mol. The van der Waals surface area contributed by atoms with Crippen LogP contribution < -0.4 is 9.47 Å². The number of hydrogen-bond acceptors (Lipinski definition) is 7. The van der Waals surface area contributed by atoms with E-state index in [0.29, 0.717) is 22.6 Å². The first-order valence-electron chi connectivity index (χ1n) is 9.73. The van der Waals surface area contributed by atoms with Crippen LogP contribution in [-0.2, 0) is 26.1 Å². The molecule has 0 radical (unpaired) electrons. The first-order chi connectivity index (χ1) is 14.8. The van der Waals surface area contributed by atoms with Crippen molar-refractivity contribution in [2.45, 2.75) is 30.4 Å². The lowest BCUT2D eigenvalue weighted by molar-refractivity contribution is -0.134. The Morgan fingerprint density at radius 2 is 1.87 bits per heavy atom. The van der Waals surface area contributed by atoms with Crippen LogP contribution >= 0.6 is 0 Å². The molecule has 0 aromatic heterocycles. The number of fused-ring (bicyclic) bond motifs is 2. The Morgan fingerprint density at radius 1 is 1.19 bits per heavy atom. The van der Waals surface area contributed by atoms with Crippen LogP contribution in [0.2, 0.25) is 0 Å². The normalized spacial score (nSPS) is 21.0. The van der Waals surface area contributed by atoms with E-state index in [2.05, 4.69) is 4.74 Å². The van der Waals surface area contributed by atoms with E-state index < -0.39 is 28.0 Å². The smallest absolute Gasteiger partial charge is 0.330 e. The van der Waals surface area contributed by atoms with Crippen LogP contribution in [0.15, 0.2) is 53.4 Å². The standard InChI is InChI=1S/C22H23NO7S/c1-14-3-5-16(6-4-14)31(26,27)23-11-15-9-20-21(30-13-29-20)10-18(15)17(19(24)12-23)7-8-22(25)28-2/h3-10,17,19,24H,11-13H2,1-2H3/b8-7+/t17-,19-/m1/s1. The number of sulfonamides is 1. The fraction of sp³-hybridized carbons (Fsp3) is 0.318. The first-order valence-corrected chi connectivity index (χ1v) is 11.2. The first kappa shape index (κ1) is 21.4. The third-order valence-electron chi connectivity index (χ3n) is 5.45. The van der Waals surface area contributed by atoms with E-state index >= 15 is 0 Å². The molecule has 1 N–H and O–H groups in total. The molecule has 0 unspecified atom stereocenters. The summed E-state index contributed by atoms with van der Waals surface area (Å²) in [6.07, 6.45) is 1.66. The highest BCUT2D eigenvalue weighted by Gasteiger charge is 2.36. The molecule has 0 saturated carbocycles. The maximum atomic E-state index is 13.3. The van der Waals surface area contributed by atoms with Crippen LogP contribution in [-0.4, -0.2) is 50.4 Å². The van der Waals surface area contributed by atoms with Gasteiger partial charge in [-0.25, -0.2) is 13.2 Å². The highest BCUT2D eigenvalue weighted by Crippen LogP contribution is 2.41. The predicted molar refractivity (Wildman–Crippen MR) is 111 cm³/mol. The molecule has 4 rings (SSSR count). The second-order valence-corrected chi connectivity index (χ2v) is 9.43. The van der Waals surface area contributed by atoms with E-state index in [0.717, 1.165) is 5.56 Å². The molecule has 2 atom stereocenters. The van der Waals surface area contributed by atoms with Crippen LogP contribution in [0.3, 0.4) is 0 Å². The number of hydrogen-bond donors (Lipinski definition) is 1. The molecule has 8 nitrogen and oxygen atoms in total. The van der Waals surface area contributed by atoms with Crippen LogP contribution in [0, 0.1) is 6.92 Å². The van der Waals surface area contributed by atoms with E-state index in [1.165, 1.54) is 23.6 Å². The van der Waals surface area contributed by atoms with Gasteiger partial charge in [0, 0.05) is 25.1 Å². The summed E-state index contributed by atoms with van der Waals surface area (Å²) in [5.74, 6) is -0.180. The van der Waals surface area contributed by atoms with Gasteiger partial charge in [-0.1, -0.05) is 23.8 Å². The Morgan fingerprint density at radius 3 is 2.55 bits per heavy atom. The van der Waals surface area contributed by atoms with Gasteiger partial charge in [-0.3, -0.25) is 0 Å². The highest BCUT2D eigenvalue weighted by atomic mass is 32.2. The average Bonchev–Trinajstić information content (AvgIpc) is 3.15. The molecular formula is C22H23NO7S. The van der Waals surface area contributed by atoms with Crippen LogP contribution in [0.4, 0.5) is 0 Å². The molecule has 2 heterocycles. The van der Waals surface area contributed by atoms with Crippen LogP contribution in [0.25, 0.3) is 0 Å². The number of esters is 1. The number of rotatable bonds is 4. The molecule has 2 aliphatic rings. The molecule has 0 spiro atoms. The van der Waals surface area contributed by atoms with Gasteiger partial charge in [-0.2, -0.15) is 4.31 Å². The Balaban J connectivity index is 1.77. The van der Waals surface area contributed by atoms with E-state index in [9.17, 15) is 18.3 Å². The number of aliphatic hydroxyl groups is 1. The van der Waals surface area contributed by atoms with Crippen molar-refractivity contribution in [2.24, 2.45) is 0 Å². The largest absolute Gasteiger partial charge is 0.466 e. The SMILES string of the molecule is COC(=O)/C=C/[C@@H]1c2cc3c(cc2CN(S(=O)(=O)c2ccc(C)cc2)C[C@H]1O)OCO3. The zero-order valence-electron chi connectivity index (χ0n) is 17.1. The Labute approximate surface area is 180 Å². The fourth-order valence-corrected chi connectivity index (χ4v) is 5.19. The van der Waals surface area contributed by atoms with Crippen LogP contribution in [0.1, 0.15) is 22.6 Å². The maximum Gasteiger partial charge on any atom is 0.330 e. The number of aryl methyl sites for hydroxylation is 1. The number of ether oxygens (including phenoxy) is 3. The summed E-state index contributed by atoms with van der Waals surface area (Å²) in [6.45, 7) is 1.84.